The fourth-order valence-electron chi connectivity index (χ4n) is 2.37. The van der Waals surface area contributed by atoms with Gasteiger partial charge in [-0.3, -0.25) is 9.69 Å². The van der Waals surface area contributed by atoms with E-state index in [0.29, 0.717) is 12.3 Å². The lowest BCUT2D eigenvalue weighted by atomic mass is 10.2. The number of amides is 1. The number of rotatable bonds is 5. The Labute approximate surface area is 132 Å². The van der Waals surface area contributed by atoms with Crippen LogP contribution in [0, 0.1) is 0 Å². The van der Waals surface area contributed by atoms with E-state index in [1.54, 1.807) is 0 Å². The van der Waals surface area contributed by atoms with Crippen molar-refractivity contribution < 1.29 is 4.79 Å². The maximum absolute atomic E-state index is 11.9. The van der Waals surface area contributed by atoms with Gasteiger partial charge in [0.1, 0.15) is 0 Å². The van der Waals surface area contributed by atoms with E-state index in [1.807, 2.05) is 11.0 Å². The van der Waals surface area contributed by atoms with E-state index in [4.69, 9.17) is 11.6 Å². The van der Waals surface area contributed by atoms with E-state index in [0.717, 1.165) is 39.1 Å². The lowest BCUT2D eigenvalue weighted by Crippen LogP contribution is -2.48. The molecular weight excluding hydrogens is 295 g/mol. The average molecular weight is 317 g/mol. The molecule has 0 radical (unpaired) electrons. The van der Waals surface area contributed by atoms with E-state index >= 15 is 0 Å². The number of hydrogen-bond acceptors (Lipinski definition) is 2. The highest BCUT2D eigenvalue weighted by Crippen LogP contribution is 2.09. The number of piperazine rings is 1. The molecule has 0 saturated carbocycles. The first-order chi connectivity index (χ1) is 9.29. The summed E-state index contributed by atoms with van der Waals surface area (Å²) in [6, 6.07) is 10.5. The number of nitrogens with zero attached hydrogens (tertiary/aromatic N) is 2. The summed E-state index contributed by atoms with van der Waals surface area (Å²) < 4.78 is 0. The first-order valence-corrected chi connectivity index (χ1v) is 7.43. The van der Waals surface area contributed by atoms with Crippen molar-refractivity contribution in [3.8, 4) is 0 Å². The summed E-state index contributed by atoms with van der Waals surface area (Å²) in [5.74, 6) is 0.819. The monoisotopic (exact) mass is 316 g/mol. The topological polar surface area (TPSA) is 23.6 Å². The molecule has 1 aromatic rings. The number of benzene rings is 1. The van der Waals surface area contributed by atoms with Gasteiger partial charge in [-0.2, -0.15) is 0 Å². The van der Waals surface area contributed by atoms with Crippen molar-refractivity contribution in [3.05, 3.63) is 35.9 Å². The minimum Gasteiger partial charge on any atom is -0.340 e. The number of alkyl halides is 1. The van der Waals surface area contributed by atoms with Crippen LogP contribution in [0.25, 0.3) is 0 Å². The lowest BCUT2D eigenvalue weighted by molar-refractivity contribution is -0.133. The van der Waals surface area contributed by atoms with Crippen LogP contribution in [0.5, 0.6) is 0 Å². The van der Waals surface area contributed by atoms with Crippen molar-refractivity contribution in [1.82, 2.24) is 9.80 Å². The summed E-state index contributed by atoms with van der Waals surface area (Å²) in [6.07, 6.45) is 1.37. The van der Waals surface area contributed by atoms with Crippen LogP contribution < -0.4 is 0 Å². The van der Waals surface area contributed by atoms with Crippen molar-refractivity contribution in [1.29, 1.82) is 0 Å². The third-order valence-corrected chi connectivity index (χ3v) is 3.77. The predicted octanol–water partition coefficient (Wildman–Crippen LogP) is 2.77. The third kappa shape index (κ3) is 5.31. The Morgan fingerprint density at radius 1 is 1.10 bits per heavy atom. The summed E-state index contributed by atoms with van der Waals surface area (Å²) in [5.41, 5.74) is 1.34. The molecule has 1 fully saturated rings. The van der Waals surface area contributed by atoms with Crippen LogP contribution in [0.15, 0.2) is 30.3 Å². The number of carbonyl (C=O) groups is 1. The number of carbonyl (C=O) groups excluding carboxylic acids is 1. The van der Waals surface area contributed by atoms with E-state index in [-0.39, 0.29) is 18.3 Å². The number of halogens is 2. The van der Waals surface area contributed by atoms with Crippen LogP contribution in [0.4, 0.5) is 0 Å². The van der Waals surface area contributed by atoms with Gasteiger partial charge in [0.2, 0.25) is 5.91 Å². The van der Waals surface area contributed by atoms with Crippen LogP contribution in [-0.4, -0.2) is 47.8 Å². The van der Waals surface area contributed by atoms with Crippen molar-refractivity contribution in [2.24, 2.45) is 0 Å². The molecule has 0 unspecified atom stereocenters. The van der Waals surface area contributed by atoms with Gasteiger partial charge in [-0.15, -0.1) is 24.0 Å². The molecule has 1 aliphatic rings. The smallest absolute Gasteiger partial charge is 0.222 e. The van der Waals surface area contributed by atoms with Crippen LogP contribution >= 0.6 is 24.0 Å². The quantitative estimate of drug-likeness (QED) is 0.780. The molecule has 0 N–H and O–H groups in total. The van der Waals surface area contributed by atoms with Crippen LogP contribution in [0.2, 0.25) is 0 Å². The molecule has 112 valence electrons. The highest BCUT2D eigenvalue weighted by atomic mass is 35.5. The zero-order valence-corrected chi connectivity index (χ0v) is 13.2. The van der Waals surface area contributed by atoms with Crippen LogP contribution in [0.3, 0.4) is 0 Å². The Morgan fingerprint density at radius 2 is 1.75 bits per heavy atom. The van der Waals surface area contributed by atoms with Gasteiger partial charge in [-0.05, 0) is 12.0 Å². The zero-order chi connectivity index (χ0) is 13.5. The van der Waals surface area contributed by atoms with Crippen LogP contribution in [0.1, 0.15) is 18.4 Å². The van der Waals surface area contributed by atoms with E-state index in [9.17, 15) is 4.79 Å². The first kappa shape index (κ1) is 17.3. The Kier molecular flexibility index (Phi) is 7.97. The van der Waals surface area contributed by atoms with Gasteiger partial charge in [0.25, 0.3) is 0 Å². The highest BCUT2D eigenvalue weighted by Gasteiger charge is 2.20. The maximum atomic E-state index is 11.9. The third-order valence-electron chi connectivity index (χ3n) is 3.50. The number of hydrogen-bond donors (Lipinski definition) is 0. The molecule has 1 heterocycles. The second-order valence-electron chi connectivity index (χ2n) is 4.94. The van der Waals surface area contributed by atoms with Gasteiger partial charge in [-0.25, -0.2) is 0 Å². The van der Waals surface area contributed by atoms with Gasteiger partial charge in [0.15, 0.2) is 0 Å². The molecule has 20 heavy (non-hydrogen) atoms. The van der Waals surface area contributed by atoms with Gasteiger partial charge in [0.05, 0.1) is 0 Å². The Bertz CT molecular complexity index is 392. The normalized spacial score (nSPS) is 15.8. The summed E-state index contributed by atoms with van der Waals surface area (Å²) in [5, 5.41) is 0. The van der Waals surface area contributed by atoms with Crippen molar-refractivity contribution in [2.45, 2.75) is 19.4 Å². The Morgan fingerprint density at radius 3 is 2.35 bits per heavy atom. The summed E-state index contributed by atoms with van der Waals surface area (Å²) in [6.45, 7) is 4.58. The second-order valence-corrected chi connectivity index (χ2v) is 5.31. The summed E-state index contributed by atoms with van der Waals surface area (Å²) in [7, 11) is 0. The molecule has 1 aromatic carbocycles. The molecule has 1 saturated heterocycles. The Balaban J connectivity index is 0.00000200. The zero-order valence-electron chi connectivity index (χ0n) is 11.6. The minimum atomic E-state index is 0. The summed E-state index contributed by atoms with van der Waals surface area (Å²) in [4.78, 5) is 16.2. The molecule has 2 rings (SSSR count). The fourth-order valence-corrected chi connectivity index (χ4v) is 2.51. The largest absolute Gasteiger partial charge is 0.340 e. The molecule has 3 nitrogen and oxygen atoms in total. The van der Waals surface area contributed by atoms with E-state index in [1.165, 1.54) is 5.56 Å². The maximum Gasteiger partial charge on any atom is 0.222 e. The van der Waals surface area contributed by atoms with Crippen molar-refractivity contribution in [3.63, 3.8) is 0 Å². The molecule has 1 aliphatic heterocycles. The van der Waals surface area contributed by atoms with Gasteiger partial charge in [-0.1, -0.05) is 30.3 Å². The van der Waals surface area contributed by atoms with Gasteiger partial charge in [0, 0.05) is 45.0 Å². The average Bonchev–Trinajstić information content (AvgIpc) is 2.46. The molecular formula is C15H22Cl2N2O. The summed E-state index contributed by atoms with van der Waals surface area (Å²) >= 11 is 5.62. The van der Waals surface area contributed by atoms with E-state index in [2.05, 4.69) is 29.2 Å². The molecule has 0 spiro atoms. The standard InChI is InChI=1S/C15H21ClN2O.ClH/c16-8-4-7-15(19)18-11-9-17(10-12-18)13-14-5-2-1-3-6-14;/h1-3,5-6H,4,7-13H2;1H. The van der Waals surface area contributed by atoms with Gasteiger partial charge < -0.3 is 4.90 Å². The molecule has 1 amide bonds. The second kappa shape index (κ2) is 9.22. The van der Waals surface area contributed by atoms with Crippen molar-refractivity contribution in [2.75, 3.05) is 32.1 Å². The molecule has 5 heteroatoms. The molecule has 0 aromatic heterocycles. The molecule has 0 bridgehead atoms. The fraction of sp³-hybridized carbons (Fsp3) is 0.533. The lowest BCUT2D eigenvalue weighted by Gasteiger charge is -2.34. The van der Waals surface area contributed by atoms with E-state index < -0.39 is 0 Å². The van der Waals surface area contributed by atoms with Gasteiger partial charge >= 0.3 is 0 Å². The first-order valence-electron chi connectivity index (χ1n) is 6.89. The highest BCUT2D eigenvalue weighted by molar-refractivity contribution is 6.17. The SMILES string of the molecule is Cl.O=C(CCCCl)N1CCN(Cc2ccccc2)CC1. The molecule has 0 aliphatic carbocycles. The Hall–Kier alpha value is -0.770. The minimum absolute atomic E-state index is 0. The van der Waals surface area contributed by atoms with Crippen LogP contribution in [-0.2, 0) is 11.3 Å². The predicted molar refractivity (Wildman–Crippen MR) is 85.5 cm³/mol. The van der Waals surface area contributed by atoms with Crippen molar-refractivity contribution >= 4 is 29.9 Å². The molecule has 0 atom stereocenters.